The van der Waals surface area contributed by atoms with Crippen LogP contribution in [0.5, 0.6) is 0 Å². The van der Waals surface area contributed by atoms with Gasteiger partial charge in [-0.1, -0.05) is 0 Å². The third-order valence-electron chi connectivity index (χ3n) is 1.47. The van der Waals surface area contributed by atoms with Crippen LogP contribution in [0.3, 0.4) is 0 Å². The van der Waals surface area contributed by atoms with Crippen molar-refractivity contribution in [2.75, 3.05) is 0 Å². The average Bonchev–Trinajstić information content (AvgIpc) is 1.80. The lowest BCUT2D eigenvalue weighted by Crippen LogP contribution is -2.19. The molecule has 0 heterocycles. The lowest BCUT2D eigenvalue weighted by molar-refractivity contribution is -0.118. The second-order valence-electron chi connectivity index (χ2n) is 2.27. The van der Waals surface area contributed by atoms with Crippen LogP contribution in [0.2, 0.25) is 0 Å². The van der Waals surface area contributed by atoms with Crippen LogP contribution >= 0.6 is 0 Å². The maximum atomic E-state index is 10.6. The summed E-state index contributed by atoms with van der Waals surface area (Å²) in [6, 6.07) is 0. The van der Waals surface area contributed by atoms with E-state index in [2.05, 4.69) is 0 Å². The van der Waals surface area contributed by atoms with Crippen molar-refractivity contribution in [3.05, 3.63) is 11.4 Å². The fourth-order valence-corrected chi connectivity index (χ4v) is 0.849. The molecule has 9 heavy (non-hydrogen) atoms. The van der Waals surface area contributed by atoms with Crippen LogP contribution in [0.1, 0.15) is 19.3 Å². The van der Waals surface area contributed by atoms with Gasteiger partial charge < -0.3 is 11.5 Å². The summed E-state index contributed by atoms with van der Waals surface area (Å²) in [6.07, 6.45) is 1.56. The highest BCUT2D eigenvalue weighted by molar-refractivity contribution is 5.82. The molecule has 4 N–H and O–H groups in total. The van der Waals surface area contributed by atoms with E-state index >= 15 is 0 Å². The molecule has 0 aromatic rings. The number of carbonyl (C=O) groups is 1. The van der Waals surface area contributed by atoms with Crippen molar-refractivity contribution in [2.45, 2.75) is 19.3 Å². The monoisotopic (exact) mass is 126 g/mol. The average molecular weight is 126 g/mol. The van der Waals surface area contributed by atoms with Gasteiger partial charge >= 0.3 is 0 Å². The van der Waals surface area contributed by atoms with Crippen LogP contribution in [0, 0.1) is 0 Å². The van der Waals surface area contributed by atoms with Crippen LogP contribution in [-0.2, 0) is 4.79 Å². The van der Waals surface area contributed by atoms with Crippen molar-refractivity contribution < 1.29 is 4.79 Å². The Morgan fingerprint density at radius 2 is 1.78 bits per heavy atom. The number of Topliss-reactive ketones (excluding diaryl/α,β-unsaturated/α-hetero) is 1. The Balaban J connectivity index is 2.72. The highest BCUT2D eigenvalue weighted by Crippen LogP contribution is 2.13. The van der Waals surface area contributed by atoms with Crippen LogP contribution in [-0.4, -0.2) is 5.78 Å². The molecular formula is C6H10N2O. The predicted molar refractivity (Wildman–Crippen MR) is 34.3 cm³/mol. The molecule has 1 aliphatic rings. The lowest BCUT2D eigenvalue weighted by atomic mass is 10.0. The van der Waals surface area contributed by atoms with Gasteiger partial charge in [0.05, 0.1) is 0 Å². The molecule has 0 aliphatic heterocycles. The first kappa shape index (κ1) is 6.13. The van der Waals surface area contributed by atoms with E-state index in [4.69, 9.17) is 11.5 Å². The molecule has 0 saturated heterocycles. The number of carbonyl (C=O) groups excluding carboxylic acids is 1. The molecule has 0 atom stereocenters. The lowest BCUT2D eigenvalue weighted by Gasteiger charge is -2.11. The van der Waals surface area contributed by atoms with E-state index in [0.29, 0.717) is 30.7 Å². The predicted octanol–water partition coefficient (Wildman–Crippen LogP) is -0.132. The summed E-state index contributed by atoms with van der Waals surface area (Å²) in [5.74, 6) is 0.196. The molecule has 1 aliphatic carbocycles. The van der Waals surface area contributed by atoms with Crippen molar-refractivity contribution in [1.82, 2.24) is 0 Å². The normalized spacial score (nSPS) is 20.7. The van der Waals surface area contributed by atoms with E-state index < -0.39 is 0 Å². The molecule has 0 amide bonds. The van der Waals surface area contributed by atoms with E-state index in [1.807, 2.05) is 0 Å². The van der Waals surface area contributed by atoms with Crippen molar-refractivity contribution in [3.8, 4) is 0 Å². The fraction of sp³-hybridized carbons (Fsp3) is 0.500. The molecule has 0 spiro atoms. The Morgan fingerprint density at radius 1 is 1.11 bits per heavy atom. The zero-order valence-corrected chi connectivity index (χ0v) is 5.18. The van der Waals surface area contributed by atoms with Gasteiger partial charge in [0.25, 0.3) is 0 Å². The standard InChI is InChI=1S/C6H10N2O/c7-5-2-1-4(9)3-6(5)8/h1-3,7-8H2. The number of hydrogen-bond acceptors (Lipinski definition) is 3. The van der Waals surface area contributed by atoms with Crippen molar-refractivity contribution in [1.29, 1.82) is 0 Å². The topological polar surface area (TPSA) is 69.1 Å². The molecular weight excluding hydrogens is 116 g/mol. The minimum absolute atomic E-state index is 0.196. The summed E-state index contributed by atoms with van der Waals surface area (Å²) in [5, 5.41) is 0. The summed E-state index contributed by atoms with van der Waals surface area (Å²) >= 11 is 0. The highest BCUT2D eigenvalue weighted by atomic mass is 16.1. The fourth-order valence-electron chi connectivity index (χ4n) is 0.849. The minimum Gasteiger partial charge on any atom is -0.401 e. The van der Waals surface area contributed by atoms with Gasteiger partial charge in [-0.05, 0) is 6.42 Å². The highest BCUT2D eigenvalue weighted by Gasteiger charge is 2.12. The van der Waals surface area contributed by atoms with Gasteiger partial charge in [0.15, 0.2) is 0 Å². The molecule has 0 radical (unpaired) electrons. The largest absolute Gasteiger partial charge is 0.401 e. The summed E-state index contributed by atoms with van der Waals surface area (Å²) < 4.78 is 0. The van der Waals surface area contributed by atoms with Gasteiger partial charge in [-0.15, -0.1) is 0 Å². The number of hydrogen-bond donors (Lipinski definition) is 2. The molecule has 0 aromatic heterocycles. The number of nitrogens with two attached hydrogens (primary N) is 2. The molecule has 3 heteroatoms. The second kappa shape index (κ2) is 2.09. The van der Waals surface area contributed by atoms with Crippen molar-refractivity contribution >= 4 is 5.78 Å². The van der Waals surface area contributed by atoms with Gasteiger partial charge in [0.2, 0.25) is 0 Å². The number of allylic oxidation sites excluding steroid dienone is 2. The third-order valence-corrected chi connectivity index (χ3v) is 1.47. The summed E-state index contributed by atoms with van der Waals surface area (Å²) in [5.41, 5.74) is 12.1. The Labute approximate surface area is 53.7 Å². The van der Waals surface area contributed by atoms with Gasteiger partial charge in [0.1, 0.15) is 5.78 Å². The van der Waals surface area contributed by atoms with Crippen LogP contribution in [0.15, 0.2) is 11.4 Å². The molecule has 0 bridgehead atoms. The first-order valence-electron chi connectivity index (χ1n) is 2.95. The van der Waals surface area contributed by atoms with E-state index in [-0.39, 0.29) is 5.78 Å². The maximum absolute atomic E-state index is 10.6. The molecule has 0 aromatic carbocycles. The first-order chi connectivity index (χ1) is 4.20. The second-order valence-corrected chi connectivity index (χ2v) is 2.27. The van der Waals surface area contributed by atoms with Gasteiger partial charge in [-0.3, -0.25) is 4.79 Å². The minimum atomic E-state index is 0.196. The van der Waals surface area contributed by atoms with Crippen LogP contribution < -0.4 is 11.5 Å². The summed E-state index contributed by atoms with van der Waals surface area (Å²) in [4.78, 5) is 10.6. The number of ketones is 1. The van der Waals surface area contributed by atoms with Crippen LogP contribution in [0.25, 0.3) is 0 Å². The molecule has 1 rings (SSSR count). The Kier molecular flexibility index (Phi) is 1.42. The Morgan fingerprint density at radius 3 is 2.22 bits per heavy atom. The van der Waals surface area contributed by atoms with Gasteiger partial charge in [-0.2, -0.15) is 0 Å². The first-order valence-corrected chi connectivity index (χ1v) is 2.95. The smallest absolute Gasteiger partial charge is 0.139 e. The maximum Gasteiger partial charge on any atom is 0.139 e. The van der Waals surface area contributed by atoms with Gasteiger partial charge in [0, 0.05) is 24.2 Å². The van der Waals surface area contributed by atoms with E-state index in [0.717, 1.165) is 0 Å². The zero-order valence-electron chi connectivity index (χ0n) is 5.18. The quantitative estimate of drug-likeness (QED) is 0.475. The van der Waals surface area contributed by atoms with Crippen molar-refractivity contribution in [2.24, 2.45) is 11.5 Å². The van der Waals surface area contributed by atoms with E-state index in [9.17, 15) is 4.79 Å². The number of rotatable bonds is 0. The Bertz CT molecular complexity index is 172. The zero-order chi connectivity index (χ0) is 6.85. The molecule has 0 saturated carbocycles. The summed E-state index contributed by atoms with van der Waals surface area (Å²) in [7, 11) is 0. The Hall–Kier alpha value is -0.990. The molecule has 0 fully saturated rings. The SMILES string of the molecule is NC1=C(N)CC(=O)CC1. The molecule has 3 nitrogen and oxygen atoms in total. The van der Waals surface area contributed by atoms with E-state index in [1.165, 1.54) is 0 Å². The van der Waals surface area contributed by atoms with E-state index in [1.54, 1.807) is 0 Å². The third kappa shape index (κ3) is 1.22. The molecule has 0 unspecified atom stereocenters. The van der Waals surface area contributed by atoms with Gasteiger partial charge in [-0.25, -0.2) is 0 Å². The molecule has 50 valence electrons. The van der Waals surface area contributed by atoms with Crippen molar-refractivity contribution in [3.63, 3.8) is 0 Å². The summed E-state index contributed by atoms with van der Waals surface area (Å²) in [6.45, 7) is 0. The van der Waals surface area contributed by atoms with Crippen LogP contribution in [0.4, 0.5) is 0 Å².